The van der Waals surface area contributed by atoms with Crippen LogP contribution in [0.3, 0.4) is 0 Å². The lowest BCUT2D eigenvalue weighted by molar-refractivity contribution is 1.16. The maximum Gasteiger partial charge on any atom is 0.163 e. The van der Waals surface area contributed by atoms with Gasteiger partial charge in [0.1, 0.15) is 11.6 Å². The maximum absolute atomic E-state index is 5.73. The highest BCUT2D eigenvalue weighted by molar-refractivity contribution is 5.62. The SMILES string of the molecule is Cc1c(N)nc(-c2ccccc2)nc1N. The van der Waals surface area contributed by atoms with E-state index in [1.807, 2.05) is 30.3 Å². The van der Waals surface area contributed by atoms with Crippen LogP contribution in [0.4, 0.5) is 11.6 Å². The molecule has 0 aliphatic carbocycles. The van der Waals surface area contributed by atoms with Crippen molar-refractivity contribution in [2.45, 2.75) is 6.92 Å². The van der Waals surface area contributed by atoms with Gasteiger partial charge < -0.3 is 11.5 Å². The van der Waals surface area contributed by atoms with Crippen LogP contribution in [0.1, 0.15) is 5.56 Å². The van der Waals surface area contributed by atoms with Crippen LogP contribution < -0.4 is 11.5 Å². The second-order valence-corrected chi connectivity index (χ2v) is 3.31. The van der Waals surface area contributed by atoms with E-state index in [9.17, 15) is 0 Å². The van der Waals surface area contributed by atoms with E-state index in [2.05, 4.69) is 9.97 Å². The Labute approximate surface area is 88.0 Å². The summed E-state index contributed by atoms with van der Waals surface area (Å²) < 4.78 is 0. The lowest BCUT2D eigenvalue weighted by Crippen LogP contribution is -2.04. The highest BCUT2D eigenvalue weighted by Gasteiger charge is 2.06. The zero-order valence-corrected chi connectivity index (χ0v) is 8.44. The summed E-state index contributed by atoms with van der Waals surface area (Å²) in [6.07, 6.45) is 0. The molecule has 0 bridgehead atoms. The van der Waals surface area contributed by atoms with E-state index in [0.29, 0.717) is 17.5 Å². The van der Waals surface area contributed by atoms with E-state index in [-0.39, 0.29) is 0 Å². The van der Waals surface area contributed by atoms with Gasteiger partial charge in [-0.15, -0.1) is 0 Å². The summed E-state index contributed by atoms with van der Waals surface area (Å²) in [5.74, 6) is 1.43. The Kier molecular flexibility index (Phi) is 2.25. The highest BCUT2D eigenvalue weighted by Crippen LogP contribution is 2.20. The van der Waals surface area contributed by atoms with Crippen molar-refractivity contribution >= 4 is 11.6 Å². The van der Waals surface area contributed by atoms with Gasteiger partial charge >= 0.3 is 0 Å². The molecule has 0 atom stereocenters. The lowest BCUT2D eigenvalue weighted by Gasteiger charge is -2.06. The smallest absolute Gasteiger partial charge is 0.163 e. The number of anilines is 2. The molecule has 0 radical (unpaired) electrons. The van der Waals surface area contributed by atoms with Gasteiger partial charge in [-0.2, -0.15) is 0 Å². The van der Waals surface area contributed by atoms with Gasteiger partial charge in [-0.05, 0) is 6.92 Å². The predicted molar refractivity (Wildman–Crippen MR) is 61.0 cm³/mol. The van der Waals surface area contributed by atoms with E-state index >= 15 is 0 Å². The zero-order valence-electron chi connectivity index (χ0n) is 8.44. The molecule has 76 valence electrons. The molecule has 0 amide bonds. The number of nitrogens with zero attached hydrogens (tertiary/aromatic N) is 2. The summed E-state index contributed by atoms with van der Waals surface area (Å²) in [5, 5.41) is 0. The third-order valence-electron chi connectivity index (χ3n) is 2.25. The van der Waals surface area contributed by atoms with E-state index in [0.717, 1.165) is 11.1 Å². The minimum absolute atomic E-state index is 0.432. The number of benzene rings is 1. The molecule has 1 heterocycles. The van der Waals surface area contributed by atoms with Crippen LogP contribution in [0, 0.1) is 6.92 Å². The van der Waals surface area contributed by atoms with Crippen LogP contribution in [0.15, 0.2) is 30.3 Å². The van der Waals surface area contributed by atoms with Crippen LogP contribution >= 0.6 is 0 Å². The van der Waals surface area contributed by atoms with E-state index in [1.54, 1.807) is 6.92 Å². The first-order valence-electron chi connectivity index (χ1n) is 4.63. The summed E-state index contributed by atoms with van der Waals surface area (Å²) in [6, 6.07) is 9.62. The molecule has 4 N–H and O–H groups in total. The molecule has 1 aromatic heterocycles. The van der Waals surface area contributed by atoms with Crippen molar-refractivity contribution in [3.05, 3.63) is 35.9 Å². The fourth-order valence-electron chi connectivity index (χ4n) is 1.27. The molecule has 4 nitrogen and oxygen atoms in total. The van der Waals surface area contributed by atoms with Crippen molar-refractivity contribution in [1.82, 2.24) is 9.97 Å². The van der Waals surface area contributed by atoms with E-state index < -0.39 is 0 Å². The minimum atomic E-state index is 0.432. The molecular weight excluding hydrogens is 188 g/mol. The summed E-state index contributed by atoms with van der Waals surface area (Å²) in [5.41, 5.74) is 13.1. The zero-order chi connectivity index (χ0) is 10.8. The molecule has 0 spiro atoms. The van der Waals surface area contributed by atoms with Crippen LogP contribution in [0.5, 0.6) is 0 Å². The van der Waals surface area contributed by atoms with Crippen LogP contribution in [0.2, 0.25) is 0 Å². The van der Waals surface area contributed by atoms with Crippen molar-refractivity contribution < 1.29 is 0 Å². The number of nitrogens with two attached hydrogens (primary N) is 2. The number of hydrogen-bond donors (Lipinski definition) is 2. The second kappa shape index (κ2) is 3.57. The van der Waals surface area contributed by atoms with Gasteiger partial charge in [-0.3, -0.25) is 0 Å². The Morgan fingerprint density at radius 2 is 1.47 bits per heavy atom. The maximum atomic E-state index is 5.73. The van der Waals surface area contributed by atoms with Gasteiger partial charge in [-0.25, -0.2) is 9.97 Å². The van der Waals surface area contributed by atoms with E-state index in [4.69, 9.17) is 11.5 Å². The Morgan fingerprint density at radius 3 is 2.00 bits per heavy atom. The van der Waals surface area contributed by atoms with Gasteiger partial charge in [0, 0.05) is 11.1 Å². The molecule has 0 unspecified atom stereocenters. The largest absolute Gasteiger partial charge is 0.383 e. The predicted octanol–water partition coefficient (Wildman–Crippen LogP) is 1.62. The quantitative estimate of drug-likeness (QED) is 0.733. The summed E-state index contributed by atoms with van der Waals surface area (Å²) in [4.78, 5) is 8.38. The van der Waals surface area contributed by atoms with Gasteiger partial charge in [0.25, 0.3) is 0 Å². The molecule has 2 aromatic rings. The first-order valence-corrected chi connectivity index (χ1v) is 4.63. The number of aromatic nitrogens is 2. The molecule has 15 heavy (non-hydrogen) atoms. The fraction of sp³-hybridized carbons (Fsp3) is 0.0909. The molecular formula is C11H12N4. The number of rotatable bonds is 1. The third kappa shape index (κ3) is 1.74. The Morgan fingerprint density at radius 1 is 0.933 bits per heavy atom. The van der Waals surface area contributed by atoms with Gasteiger partial charge in [0.05, 0.1) is 0 Å². The normalized spacial score (nSPS) is 10.2. The second-order valence-electron chi connectivity index (χ2n) is 3.31. The van der Waals surface area contributed by atoms with Gasteiger partial charge in [0.2, 0.25) is 0 Å². The van der Waals surface area contributed by atoms with Gasteiger partial charge in [-0.1, -0.05) is 30.3 Å². The summed E-state index contributed by atoms with van der Waals surface area (Å²) in [6.45, 7) is 1.80. The van der Waals surface area contributed by atoms with E-state index in [1.165, 1.54) is 0 Å². The lowest BCUT2D eigenvalue weighted by atomic mass is 10.2. The summed E-state index contributed by atoms with van der Waals surface area (Å²) in [7, 11) is 0. The van der Waals surface area contributed by atoms with Crippen molar-refractivity contribution in [3.63, 3.8) is 0 Å². The topological polar surface area (TPSA) is 77.8 Å². The van der Waals surface area contributed by atoms with Crippen LogP contribution in [-0.4, -0.2) is 9.97 Å². The van der Waals surface area contributed by atoms with Crippen molar-refractivity contribution in [3.8, 4) is 11.4 Å². The molecule has 0 aliphatic heterocycles. The van der Waals surface area contributed by atoms with Crippen LogP contribution in [-0.2, 0) is 0 Å². The Hall–Kier alpha value is -2.10. The monoisotopic (exact) mass is 200 g/mol. The average molecular weight is 200 g/mol. The van der Waals surface area contributed by atoms with Crippen molar-refractivity contribution in [2.24, 2.45) is 0 Å². The average Bonchev–Trinajstić information content (AvgIpc) is 2.26. The standard InChI is InChI=1S/C11H12N4/c1-7-9(12)14-11(15-10(7)13)8-5-3-2-4-6-8/h2-6H,1H3,(H4,12,13,14,15). The van der Waals surface area contributed by atoms with Gasteiger partial charge in [0.15, 0.2) is 5.82 Å². The molecule has 0 aliphatic rings. The first kappa shape index (κ1) is 9.45. The van der Waals surface area contributed by atoms with Crippen LogP contribution in [0.25, 0.3) is 11.4 Å². The molecule has 2 rings (SSSR count). The minimum Gasteiger partial charge on any atom is -0.383 e. The number of hydrogen-bond acceptors (Lipinski definition) is 4. The molecule has 1 aromatic carbocycles. The fourth-order valence-corrected chi connectivity index (χ4v) is 1.27. The summed E-state index contributed by atoms with van der Waals surface area (Å²) >= 11 is 0. The Bertz CT molecular complexity index is 456. The molecule has 0 fully saturated rings. The molecule has 0 saturated carbocycles. The Balaban J connectivity index is 2.56. The third-order valence-corrected chi connectivity index (χ3v) is 2.25. The van der Waals surface area contributed by atoms with Crippen molar-refractivity contribution in [1.29, 1.82) is 0 Å². The first-order chi connectivity index (χ1) is 7.18. The van der Waals surface area contributed by atoms with Crippen molar-refractivity contribution in [2.75, 3.05) is 11.5 Å². The number of nitrogen functional groups attached to an aromatic ring is 2. The molecule has 0 saturated heterocycles. The highest BCUT2D eigenvalue weighted by atomic mass is 15.0. The molecule has 4 heteroatoms.